The van der Waals surface area contributed by atoms with Crippen LogP contribution < -0.4 is 4.74 Å². The molecule has 0 saturated heterocycles. The molecule has 2 nitrogen and oxygen atoms in total. The third-order valence-electron chi connectivity index (χ3n) is 2.59. The van der Waals surface area contributed by atoms with Crippen LogP contribution in [0.2, 0.25) is 0 Å². The summed E-state index contributed by atoms with van der Waals surface area (Å²) in [7, 11) is 0. The number of alkyl halides is 1. The number of ketones is 1. The van der Waals surface area contributed by atoms with E-state index in [-0.39, 0.29) is 12.8 Å². The van der Waals surface area contributed by atoms with Gasteiger partial charge in [0, 0.05) is 12.8 Å². The molecule has 3 heteroatoms. The second-order valence-corrected chi connectivity index (χ2v) is 3.77. The fourth-order valence-electron chi connectivity index (χ4n) is 1.75. The van der Waals surface area contributed by atoms with Gasteiger partial charge in [-0.1, -0.05) is 18.2 Å². The highest BCUT2D eigenvalue weighted by Gasteiger charge is 2.42. The number of hydrogen-bond donors (Lipinski definition) is 0. The predicted molar refractivity (Wildman–Crippen MR) is 54.4 cm³/mol. The Hall–Kier alpha value is -1.38. The van der Waals surface area contributed by atoms with E-state index in [1.54, 1.807) is 24.3 Å². The summed E-state index contributed by atoms with van der Waals surface area (Å²) < 4.78 is 19.2. The molecule has 1 fully saturated rings. The number of benzene rings is 1. The third kappa shape index (κ3) is 2.17. The van der Waals surface area contributed by atoms with Gasteiger partial charge in [-0.15, -0.1) is 0 Å². The van der Waals surface area contributed by atoms with Crippen molar-refractivity contribution >= 4 is 5.78 Å². The molecule has 0 radical (unpaired) electrons. The molecule has 1 aliphatic carbocycles. The summed E-state index contributed by atoms with van der Waals surface area (Å²) in [4.78, 5) is 11.4. The van der Waals surface area contributed by atoms with Gasteiger partial charge >= 0.3 is 5.85 Å². The van der Waals surface area contributed by atoms with E-state index >= 15 is 0 Å². The first kappa shape index (κ1) is 10.1. The second-order valence-electron chi connectivity index (χ2n) is 3.77. The van der Waals surface area contributed by atoms with Crippen molar-refractivity contribution in [3.05, 3.63) is 30.3 Å². The van der Waals surface area contributed by atoms with Crippen molar-refractivity contribution in [3.63, 3.8) is 0 Å². The Morgan fingerprint density at radius 2 is 1.93 bits per heavy atom. The van der Waals surface area contributed by atoms with E-state index in [1.165, 1.54) is 0 Å². The smallest absolute Gasteiger partial charge is 0.306 e. The minimum atomic E-state index is -2.10. The number of hydrogen-bond acceptors (Lipinski definition) is 2. The Balaban J connectivity index is 2.13. The molecule has 0 amide bonds. The highest BCUT2D eigenvalue weighted by Crippen LogP contribution is 2.31. The van der Waals surface area contributed by atoms with Gasteiger partial charge in [0.05, 0.1) is 0 Å². The van der Waals surface area contributed by atoms with Crippen LogP contribution in [0.5, 0.6) is 5.75 Å². The molecule has 1 atom stereocenters. The first-order valence-electron chi connectivity index (χ1n) is 5.17. The van der Waals surface area contributed by atoms with Crippen LogP contribution in [0.25, 0.3) is 0 Å². The summed E-state index contributed by atoms with van der Waals surface area (Å²) in [6.45, 7) is 0. The number of halogens is 1. The van der Waals surface area contributed by atoms with E-state index in [2.05, 4.69) is 0 Å². The van der Waals surface area contributed by atoms with Gasteiger partial charge in [-0.3, -0.25) is 4.79 Å². The summed E-state index contributed by atoms with van der Waals surface area (Å²) >= 11 is 0. The number of para-hydroxylation sites is 1. The van der Waals surface area contributed by atoms with Crippen molar-refractivity contribution in [2.45, 2.75) is 31.5 Å². The number of rotatable bonds is 2. The molecule has 2 rings (SSSR count). The fraction of sp³-hybridized carbons (Fsp3) is 0.417. The van der Waals surface area contributed by atoms with E-state index in [0.717, 1.165) is 6.42 Å². The van der Waals surface area contributed by atoms with Gasteiger partial charge in [0.2, 0.25) is 5.78 Å². The van der Waals surface area contributed by atoms with E-state index in [4.69, 9.17) is 4.74 Å². The van der Waals surface area contributed by atoms with Crippen molar-refractivity contribution in [2.24, 2.45) is 0 Å². The monoisotopic (exact) mass is 208 g/mol. The molecule has 1 aliphatic rings. The zero-order chi connectivity index (χ0) is 10.7. The van der Waals surface area contributed by atoms with Gasteiger partial charge in [0.1, 0.15) is 5.75 Å². The Morgan fingerprint density at radius 1 is 1.20 bits per heavy atom. The summed E-state index contributed by atoms with van der Waals surface area (Å²) in [5.41, 5.74) is 0. The van der Waals surface area contributed by atoms with Crippen molar-refractivity contribution in [2.75, 3.05) is 0 Å². The SMILES string of the molecule is O=C1CCCCC1(F)Oc1ccccc1. The molecule has 1 aromatic rings. The number of ether oxygens (including phenoxy) is 1. The molecule has 1 saturated carbocycles. The fourth-order valence-corrected chi connectivity index (χ4v) is 1.75. The Morgan fingerprint density at radius 3 is 2.60 bits per heavy atom. The predicted octanol–water partition coefficient (Wildman–Crippen LogP) is 2.87. The maximum absolute atomic E-state index is 14.1. The topological polar surface area (TPSA) is 26.3 Å². The molecule has 1 aromatic carbocycles. The summed E-state index contributed by atoms with van der Waals surface area (Å²) in [5, 5.41) is 0. The maximum atomic E-state index is 14.1. The number of carbonyl (C=O) groups excluding carboxylic acids is 1. The highest BCUT2D eigenvalue weighted by atomic mass is 19.2. The van der Waals surface area contributed by atoms with Crippen LogP contribution >= 0.6 is 0 Å². The summed E-state index contributed by atoms with van der Waals surface area (Å²) in [6.07, 6.45) is 1.92. The van der Waals surface area contributed by atoms with Crippen LogP contribution in [-0.2, 0) is 4.79 Å². The Bertz CT molecular complexity index is 350. The van der Waals surface area contributed by atoms with Gasteiger partial charge in [0.15, 0.2) is 0 Å². The summed E-state index contributed by atoms with van der Waals surface area (Å²) in [5.74, 6) is -2.12. The van der Waals surface area contributed by atoms with Crippen LogP contribution in [0.15, 0.2) is 30.3 Å². The van der Waals surface area contributed by atoms with E-state index < -0.39 is 11.6 Å². The van der Waals surface area contributed by atoms with Crippen LogP contribution in [-0.4, -0.2) is 11.6 Å². The molecular weight excluding hydrogens is 195 g/mol. The van der Waals surface area contributed by atoms with Crippen LogP contribution in [0, 0.1) is 0 Å². The van der Waals surface area contributed by atoms with Crippen molar-refractivity contribution < 1.29 is 13.9 Å². The molecular formula is C12H13FO2. The lowest BCUT2D eigenvalue weighted by Crippen LogP contribution is -2.42. The van der Waals surface area contributed by atoms with Crippen molar-refractivity contribution in [1.29, 1.82) is 0 Å². The Labute approximate surface area is 88.1 Å². The van der Waals surface area contributed by atoms with Crippen LogP contribution in [0.1, 0.15) is 25.7 Å². The number of carbonyl (C=O) groups is 1. The van der Waals surface area contributed by atoms with Crippen molar-refractivity contribution in [1.82, 2.24) is 0 Å². The standard InChI is InChI=1S/C12H13FO2/c13-12(9-5-4-8-11(12)14)15-10-6-2-1-3-7-10/h1-3,6-7H,4-5,8-9H2. The van der Waals surface area contributed by atoms with E-state index in [0.29, 0.717) is 12.2 Å². The average molecular weight is 208 g/mol. The minimum absolute atomic E-state index is 0.167. The lowest BCUT2D eigenvalue weighted by atomic mass is 9.94. The summed E-state index contributed by atoms with van der Waals surface area (Å²) in [6, 6.07) is 8.64. The van der Waals surface area contributed by atoms with Gasteiger partial charge < -0.3 is 4.74 Å². The van der Waals surface area contributed by atoms with Gasteiger partial charge in [-0.05, 0) is 25.0 Å². The average Bonchev–Trinajstić information content (AvgIpc) is 2.24. The molecule has 0 bridgehead atoms. The highest BCUT2D eigenvalue weighted by molar-refractivity contribution is 5.86. The van der Waals surface area contributed by atoms with Gasteiger partial charge in [-0.25, -0.2) is 0 Å². The maximum Gasteiger partial charge on any atom is 0.306 e. The molecule has 0 aromatic heterocycles. The van der Waals surface area contributed by atoms with Crippen molar-refractivity contribution in [3.8, 4) is 5.75 Å². The molecule has 0 spiro atoms. The molecule has 15 heavy (non-hydrogen) atoms. The first-order valence-corrected chi connectivity index (χ1v) is 5.17. The molecule has 0 heterocycles. The quantitative estimate of drug-likeness (QED) is 0.747. The van der Waals surface area contributed by atoms with E-state index in [9.17, 15) is 9.18 Å². The zero-order valence-electron chi connectivity index (χ0n) is 8.41. The first-order chi connectivity index (χ1) is 7.21. The lowest BCUT2D eigenvalue weighted by molar-refractivity contribution is -0.157. The lowest BCUT2D eigenvalue weighted by Gasteiger charge is -2.28. The minimum Gasteiger partial charge on any atom is -0.451 e. The molecule has 0 N–H and O–H groups in total. The zero-order valence-corrected chi connectivity index (χ0v) is 8.41. The van der Waals surface area contributed by atoms with Crippen LogP contribution in [0.3, 0.4) is 0 Å². The molecule has 0 aliphatic heterocycles. The Kier molecular flexibility index (Phi) is 2.71. The second kappa shape index (κ2) is 4.01. The number of Topliss-reactive ketones (excluding diaryl/α,β-unsaturated/α-hetero) is 1. The van der Waals surface area contributed by atoms with E-state index in [1.807, 2.05) is 6.07 Å². The normalized spacial score (nSPS) is 26.3. The third-order valence-corrected chi connectivity index (χ3v) is 2.59. The largest absolute Gasteiger partial charge is 0.451 e. The van der Waals surface area contributed by atoms with Crippen LogP contribution in [0.4, 0.5) is 4.39 Å². The van der Waals surface area contributed by atoms with Gasteiger partial charge in [-0.2, -0.15) is 4.39 Å². The molecule has 1 unspecified atom stereocenters. The molecule has 80 valence electrons. The van der Waals surface area contributed by atoms with Gasteiger partial charge in [0.25, 0.3) is 0 Å².